The number of primary amides is 1. The Kier molecular flexibility index (Phi) is 8.66. The van der Waals surface area contributed by atoms with E-state index in [0.29, 0.717) is 17.4 Å². The number of aliphatic hydroxyl groups is 1. The summed E-state index contributed by atoms with van der Waals surface area (Å²) in [5.41, 5.74) is 6.19. The quantitative estimate of drug-likeness (QED) is 0.165. The number of pyridine rings is 1. The van der Waals surface area contributed by atoms with Crippen LogP contribution < -0.4 is 26.7 Å². The van der Waals surface area contributed by atoms with Crippen molar-refractivity contribution < 1.29 is 28.5 Å². The van der Waals surface area contributed by atoms with Crippen LogP contribution in [0.4, 0.5) is 19.3 Å². The number of alkyl halides is 2. The zero-order valence-electron chi connectivity index (χ0n) is 21.7. The number of nitrogens with one attached hydrogen (secondary N) is 3. The molecule has 0 fully saturated rings. The lowest BCUT2D eigenvalue weighted by Gasteiger charge is -2.20. The number of ether oxygens (including phenoxy) is 1. The minimum absolute atomic E-state index is 0.0848. The van der Waals surface area contributed by atoms with E-state index in [4.69, 9.17) is 10.5 Å². The molecule has 7 N–H and O–H groups in total. The molecule has 0 aliphatic heterocycles. The van der Waals surface area contributed by atoms with Crippen LogP contribution in [0.3, 0.4) is 0 Å². The van der Waals surface area contributed by atoms with Crippen LogP contribution in [-0.4, -0.2) is 40.4 Å². The molecule has 0 saturated heterocycles. The van der Waals surface area contributed by atoms with Crippen molar-refractivity contribution >= 4 is 22.6 Å². The monoisotopic (exact) mass is 552 g/mol. The number of aromatic hydroxyl groups is 1. The van der Waals surface area contributed by atoms with Crippen molar-refractivity contribution in [3.8, 4) is 11.5 Å². The molecule has 4 rings (SSSR count). The number of benzene rings is 3. The third kappa shape index (κ3) is 7.13. The van der Waals surface area contributed by atoms with E-state index >= 15 is 0 Å². The van der Waals surface area contributed by atoms with Crippen LogP contribution in [0, 0.1) is 0 Å². The zero-order valence-corrected chi connectivity index (χ0v) is 21.7. The summed E-state index contributed by atoms with van der Waals surface area (Å²) >= 11 is 0. The molecule has 1 unspecified atom stereocenters. The third-order valence-corrected chi connectivity index (χ3v) is 6.34. The molecule has 0 bridgehead atoms. The molecule has 40 heavy (non-hydrogen) atoms. The number of aliphatic hydroxyl groups excluding tert-OH is 1. The predicted octanol–water partition coefficient (Wildman–Crippen LogP) is 4.15. The number of aromatic nitrogens is 1. The Morgan fingerprint density at radius 2 is 1.88 bits per heavy atom. The maximum atomic E-state index is 14.8. The highest BCUT2D eigenvalue weighted by Crippen LogP contribution is 2.31. The second-order valence-corrected chi connectivity index (χ2v) is 9.52. The molecule has 2 amide bonds. The van der Waals surface area contributed by atoms with Gasteiger partial charge in [0, 0.05) is 35.3 Å². The van der Waals surface area contributed by atoms with Crippen molar-refractivity contribution in [2.75, 3.05) is 18.5 Å². The molecule has 0 aliphatic rings. The van der Waals surface area contributed by atoms with Gasteiger partial charge in [-0.1, -0.05) is 30.3 Å². The van der Waals surface area contributed by atoms with E-state index in [9.17, 15) is 28.6 Å². The Morgan fingerprint density at radius 1 is 1.10 bits per heavy atom. The van der Waals surface area contributed by atoms with Crippen molar-refractivity contribution in [2.24, 2.45) is 5.73 Å². The highest BCUT2D eigenvalue weighted by atomic mass is 19.3. The second kappa shape index (κ2) is 12.1. The number of nitrogens with two attached hydrogens (primary N) is 1. The summed E-state index contributed by atoms with van der Waals surface area (Å²) < 4.78 is 35.0. The number of H-pyrrole nitrogens is 1. The molecule has 9 nitrogen and oxygen atoms in total. The number of anilines is 1. The Hall–Kier alpha value is -4.48. The second-order valence-electron chi connectivity index (χ2n) is 9.52. The molecule has 1 aromatic heterocycles. The fourth-order valence-electron chi connectivity index (χ4n) is 4.38. The molecule has 2 atom stereocenters. The maximum absolute atomic E-state index is 14.8. The van der Waals surface area contributed by atoms with Gasteiger partial charge in [0.1, 0.15) is 11.5 Å². The Labute approximate surface area is 228 Å². The van der Waals surface area contributed by atoms with Gasteiger partial charge in [-0.25, -0.2) is 4.79 Å². The third-order valence-electron chi connectivity index (χ3n) is 6.34. The van der Waals surface area contributed by atoms with E-state index in [2.05, 4.69) is 15.6 Å². The van der Waals surface area contributed by atoms with Crippen molar-refractivity contribution in [3.05, 3.63) is 99.8 Å². The van der Waals surface area contributed by atoms with Crippen LogP contribution in [-0.2, 0) is 12.3 Å². The van der Waals surface area contributed by atoms with E-state index in [1.165, 1.54) is 30.3 Å². The number of hydrogen-bond acceptors (Lipinski definition) is 6. The number of amides is 2. The summed E-state index contributed by atoms with van der Waals surface area (Å²) in [5, 5.41) is 26.9. The van der Waals surface area contributed by atoms with Gasteiger partial charge in [0.15, 0.2) is 6.61 Å². The number of fused-ring (bicyclic) bond motifs is 1. The largest absolute Gasteiger partial charge is 0.506 e. The lowest BCUT2D eigenvalue weighted by molar-refractivity contribution is -0.0467. The summed E-state index contributed by atoms with van der Waals surface area (Å²) in [7, 11) is 0. The Balaban J connectivity index is 1.34. The minimum atomic E-state index is -3.32. The molecule has 0 radical (unpaired) electrons. The number of phenols is 1. The van der Waals surface area contributed by atoms with Gasteiger partial charge >= 0.3 is 12.0 Å². The first kappa shape index (κ1) is 28.5. The van der Waals surface area contributed by atoms with Crippen molar-refractivity contribution in [1.82, 2.24) is 10.3 Å². The Bertz CT molecular complexity index is 1560. The van der Waals surface area contributed by atoms with E-state index < -0.39 is 24.7 Å². The molecule has 3 aromatic carbocycles. The van der Waals surface area contributed by atoms with Gasteiger partial charge in [-0.3, -0.25) is 4.79 Å². The lowest BCUT2D eigenvalue weighted by atomic mass is 10.0. The van der Waals surface area contributed by atoms with Crippen LogP contribution in [0.15, 0.2) is 77.6 Å². The van der Waals surface area contributed by atoms with Crippen LogP contribution in [0.5, 0.6) is 11.5 Å². The van der Waals surface area contributed by atoms with E-state index in [-0.39, 0.29) is 46.4 Å². The fraction of sp³-hybridized carbons (Fsp3) is 0.241. The van der Waals surface area contributed by atoms with Gasteiger partial charge in [-0.15, -0.1) is 0 Å². The van der Waals surface area contributed by atoms with Crippen molar-refractivity contribution in [1.29, 1.82) is 0 Å². The minimum Gasteiger partial charge on any atom is -0.506 e. The molecule has 210 valence electrons. The van der Waals surface area contributed by atoms with Crippen LogP contribution in [0.2, 0.25) is 0 Å². The number of carbonyl (C=O) groups is 1. The fourth-order valence-corrected chi connectivity index (χ4v) is 4.38. The number of carbonyl (C=O) groups excluding carboxylic acids is 1. The highest BCUT2D eigenvalue weighted by molar-refractivity contribution is 5.88. The van der Waals surface area contributed by atoms with Gasteiger partial charge in [-0.2, -0.15) is 8.78 Å². The molecule has 0 saturated carbocycles. The molecule has 1 heterocycles. The summed E-state index contributed by atoms with van der Waals surface area (Å²) in [6.45, 7) is 1.22. The number of hydrogen-bond donors (Lipinski definition) is 6. The highest BCUT2D eigenvalue weighted by Gasteiger charge is 2.33. The number of rotatable bonds is 11. The van der Waals surface area contributed by atoms with Crippen LogP contribution in [0.1, 0.15) is 29.7 Å². The number of aromatic amines is 1. The predicted molar refractivity (Wildman–Crippen MR) is 148 cm³/mol. The average Bonchev–Trinajstić information content (AvgIpc) is 2.91. The van der Waals surface area contributed by atoms with Crippen LogP contribution >= 0.6 is 0 Å². The summed E-state index contributed by atoms with van der Waals surface area (Å²) in [6, 6.07) is 17.0. The first-order valence-electron chi connectivity index (χ1n) is 12.5. The molecule has 11 heteroatoms. The first-order chi connectivity index (χ1) is 19.0. The summed E-state index contributed by atoms with van der Waals surface area (Å²) in [4.78, 5) is 25.2. The van der Waals surface area contributed by atoms with Gasteiger partial charge in [0.25, 0.3) is 0 Å². The average molecular weight is 553 g/mol. The molecule has 0 spiro atoms. The molecule has 4 aromatic rings. The van der Waals surface area contributed by atoms with Gasteiger partial charge in [0.05, 0.1) is 11.6 Å². The SMILES string of the molecule is CC(Cc1cccc(OCC(F)(F)c2cccc(NC(N)=O)c2)c1)NC[C@@H](O)c1ccc(O)c2[nH]c(=O)ccc12. The van der Waals surface area contributed by atoms with Gasteiger partial charge in [0.2, 0.25) is 5.56 Å². The topological polar surface area (TPSA) is 150 Å². The van der Waals surface area contributed by atoms with Gasteiger partial charge in [-0.05, 0) is 60.9 Å². The zero-order chi connectivity index (χ0) is 28.9. The standard InChI is InChI=1S/C29H30F2N4O5/c1-17(33-15-25(37)22-8-10-24(36)27-23(22)9-11-26(38)35-27)12-18-4-2-7-21(13-18)40-16-29(30,31)19-5-3-6-20(14-19)34-28(32)39/h2-11,13-14,17,25,33,36-37H,12,15-16H2,1H3,(H,35,38)(H3,32,34,39)/t17?,25-/m1/s1. The van der Waals surface area contributed by atoms with E-state index in [1.54, 1.807) is 30.3 Å². The number of phenolic OH excluding ortho intramolecular Hbond substituents is 1. The number of halogens is 2. The lowest BCUT2D eigenvalue weighted by Crippen LogP contribution is -2.32. The summed E-state index contributed by atoms with van der Waals surface area (Å²) in [6.07, 6.45) is -0.379. The normalized spacial score (nSPS) is 13.1. The van der Waals surface area contributed by atoms with Crippen LogP contribution in [0.25, 0.3) is 10.9 Å². The van der Waals surface area contributed by atoms with Crippen molar-refractivity contribution in [2.45, 2.75) is 31.4 Å². The maximum Gasteiger partial charge on any atom is 0.316 e. The summed E-state index contributed by atoms with van der Waals surface area (Å²) in [5.74, 6) is -3.12. The molecule has 0 aliphatic carbocycles. The van der Waals surface area contributed by atoms with Gasteiger partial charge < -0.3 is 36.3 Å². The van der Waals surface area contributed by atoms with E-state index in [1.807, 2.05) is 13.0 Å². The van der Waals surface area contributed by atoms with E-state index in [0.717, 1.165) is 11.6 Å². The Morgan fingerprint density at radius 3 is 2.65 bits per heavy atom. The number of urea groups is 1. The molecular weight excluding hydrogens is 522 g/mol. The van der Waals surface area contributed by atoms with Crippen molar-refractivity contribution in [3.63, 3.8) is 0 Å². The molecular formula is C29H30F2N4O5. The smallest absolute Gasteiger partial charge is 0.316 e. The first-order valence-corrected chi connectivity index (χ1v) is 12.5.